The number of piperidine rings is 2. The summed E-state index contributed by atoms with van der Waals surface area (Å²) >= 11 is 0. The van der Waals surface area contributed by atoms with Gasteiger partial charge in [-0.1, -0.05) is 20.3 Å². The molecule has 7 nitrogen and oxygen atoms in total. The summed E-state index contributed by atoms with van der Waals surface area (Å²) in [4.78, 5) is 39.7. The van der Waals surface area contributed by atoms with Crippen LogP contribution in [0.4, 0.5) is 4.79 Å². The second-order valence-corrected chi connectivity index (χ2v) is 11.8. The smallest absolute Gasteiger partial charge is 0.410 e. The lowest BCUT2D eigenvalue weighted by molar-refractivity contribution is -0.132. The lowest BCUT2D eigenvalue weighted by atomic mass is 9.65. The summed E-state index contributed by atoms with van der Waals surface area (Å²) in [6.45, 7) is 13.9. The number of ether oxygens (including phenoxy) is 1. The van der Waals surface area contributed by atoms with Crippen molar-refractivity contribution in [3.05, 3.63) is 0 Å². The van der Waals surface area contributed by atoms with Gasteiger partial charge in [0.25, 0.3) is 0 Å². The summed E-state index contributed by atoms with van der Waals surface area (Å²) in [5.41, 5.74) is -0.471. The van der Waals surface area contributed by atoms with Crippen molar-refractivity contribution in [3.63, 3.8) is 0 Å². The Morgan fingerprint density at radius 1 is 1.09 bits per heavy atom. The highest BCUT2D eigenvalue weighted by Crippen LogP contribution is 2.42. The molecule has 2 heterocycles. The minimum absolute atomic E-state index is 0.00789. The monoisotopic (exact) mass is 463 g/mol. The predicted molar refractivity (Wildman–Crippen MR) is 128 cm³/mol. The number of carbonyl (C=O) groups excluding carboxylic acids is 3. The van der Waals surface area contributed by atoms with E-state index in [-0.39, 0.29) is 41.7 Å². The minimum Gasteiger partial charge on any atom is -0.444 e. The predicted octanol–water partition coefficient (Wildman–Crippen LogP) is 3.96. The van der Waals surface area contributed by atoms with E-state index in [0.29, 0.717) is 24.3 Å². The van der Waals surface area contributed by atoms with E-state index < -0.39 is 5.60 Å². The average molecular weight is 464 g/mol. The van der Waals surface area contributed by atoms with Crippen molar-refractivity contribution < 1.29 is 19.1 Å². The summed E-state index contributed by atoms with van der Waals surface area (Å²) in [7, 11) is 0. The Hall–Kier alpha value is -1.79. The molecule has 7 heteroatoms. The summed E-state index contributed by atoms with van der Waals surface area (Å²) in [5, 5.41) is 6.14. The molecule has 3 rings (SSSR count). The van der Waals surface area contributed by atoms with Crippen molar-refractivity contribution in [1.82, 2.24) is 15.5 Å². The van der Waals surface area contributed by atoms with E-state index >= 15 is 0 Å². The summed E-state index contributed by atoms with van der Waals surface area (Å²) < 4.78 is 5.53. The SMILES string of the molecule is CC1CC(C)C(CNC(=O)C2CCCC(C3CCN(C(=O)OC(C)(C)C)CC3)C2C)C(=O)N1. The first-order chi connectivity index (χ1) is 15.5. The molecule has 2 aliphatic heterocycles. The first-order valence-electron chi connectivity index (χ1n) is 13.0. The van der Waals surface area contributed by atoms with Gasteiger partial charge >= 0.3 is 6.09 Å². The van der Waals surface area contributed by atoms with Crippen LogP contribution in [0.15, 0.2) is 0 Å². The van der Waals surface area contributed by atoms with Gasteiger partial charge in [0.05, 0.1) is 5.92 Å². The minimum atomic E-state index is -0.471. The molecule has 188 valence electrons. The molecule has 3 amide bonds. The molecule has 0 aromatic carbocycles. The highest BCUT2D eigenvalue weighted by atomic mass is 16.6. The van der Waals surface area contributed by atoms with Gasteiger partial charge in [0.15, 0.2) is 0 Å². The second kappa shape index (κ2) is 10.6. The van der Waals surface area contributed by atoms with Crippen LogP contribution >= 0.6 is 0 Å². The lowest BCUT2D eigenvalue weighted by Gasteiger charge is -2.43. The third kappa shape index (κ3) is 6.63. The fraction of sp³-hybridized carbons (Fsp3) is 0.885. The normalized spacial score (nSPS) is 33.9. The molecule has 1 aliphatic carbocycles. The number of likely N-dealkylation sites (tertiary alicyclic amines) is 1. The standard InChI is InChI=1S/C26H45N3O4/c1-16-14-17(2)28-24(31)22(16)15-27-23(30)21-9-7-8-20(18(21)3)19-10-12-29(13-11-19)25(32)33-26(4,5)6/h16-22H,7-15H2,1-6H3,(H,27,30)(H,28,31). The molecule has 2 N–H and O–H groups in total. The third-order valence-electron chi connectivity index (χ3n) is 8.13. The van der Waals surface area contributed by atoms with Gasteiger partial charge in [-0.2, -0.15) is 0 Å². The van der Waals surface area contributed by atoms with E-state index in [4.69, 9.17) is 4.74 Å². The van der Waals surface area contributed by atoms with E-state index in [9.17, 15) is 14.4 Å². The molecule has 0 spiro atoms. The molecule has 3 aliphatic rings. The number of amides is 3. The van der Waals surface area contributed by atoms with Crippen molar-refractivity contribution in [2.45, 2.75) is 91.7 Å². The molecule has 0 bridgehead atoms. The van der Waals surface area contributed by atoms with Gasteiger partial charge in [0, 0.05) is 31.6 Å². The van der Waals surface area contributed by atoms with Crippen molar-refractivity contribution >= 4 is 17.9 Å². The van der Waals surface area contributed by atoms with Crippen LogP contribution in [0.25, 0.3) is 0 Å². The van der Waals surface area contributed by atoms with Crippen molar-refractivity contribution in [2.24, 2.45) is 35.5 Å². The van der Waals surface area contributed by atoms with Gasteiger partial charge in [-0.15, -0.1) is 0 Å². The van der Waals surface area contributed by atoms with E-state index in [2.05, 4.69) is 24.5 Å². The van der Waals surface area contributed by atoms with Crippen LogP contribution in [0.1, 0.15) is 80.1 Å². The van der Waals surface area contributed by atoms with Gasteiger partial charge in [-0.05, 0) is 83.5 Å². The molecule has 3 fully saturated rings. The number of hydrogen-bond donors (Lipinski definition) is 2. The van der Waals surface area contributed by atoms with Crippen LogP contribution in [-0.4, -0.2) is 54.1 Å². The van der Waals surface area contributed by atoms with Gasteiger partial charge in [0.1, 0.15) is 5.60 Å². The van der Waals surface area contributed by atoms with Gasteiger partial charge < -0.3 is 20.3 Å². The quantitative estimate of drug-likeness (QED) is 0.661. The molecule has 2 saturated heterocycles. The molecule has 1 saturated carbocycles. The Balaban J connectivity index is 1.50. The average Bonchev–Trinajstić information content (AvgIpc) is 2.72. The molecule has 33 heavy (non-hydrogen) atoms. The molecule has 0 aromatic rings. The number of nitrogens with zero attached hydrogens (tertiary/aromatic N) is 1. The van der Waals surface area contributed by atoms with E-state index in [0.717, 1.165) is 51.6 Å². The van der Waals surface area contributed by atoms with Crippen LogP contribution in [0.5, 0.6) is 0 Å². The van der Waals surface area contributed by atoms with Crippen molar-refractivity contribution in [2.75, 3.05) is 19.6 Å². The van der Waals surface area contributed by atoms with Crippen LogP contribution in [0.3, 0.4) is 0 Å². The first-order valence-corrected chi connectivity index (χ1v) is 13.0. The summed E-state index contributed by atoms with van der Waals surface area (Å²) in [6, 6.07) is 0.209. The number of hydrogen-bond acceptors (Lipinski definition) is 4. The summed E-state index contributed by atoms with van der Waals surface area (Å²) in [6.07, 6.45) is 5.82. The maximum Gasteiger partial charge on any atom is 0.410 e. The fourth-order valence-electron chi connectivity index (χ4n) is 6.29. The number of nitrogens with one attached hydrogen (secondary N) is 2. The van der Waals surface area contributed by atoms with Crippen LogP contribution < -0.4 is 10.6 Å². The zero-order chi connectivity index (χ0) is 24.3. The van der Waals surface area contributed by atoms with Gasteiger partial charge in [0.2, 0.25) is 11.8 Å². The topological polar surface area (TPSA) is 87.7 Å². The molecule has 0 aromatic heterocycles. The molecule has 0 radical (unpaired) electrons. The first kappa shape index (κ1) is 25.8. The van der Waals surface area contributed by atoms with Gasteiger partial charge in [-0.3, -0.25) is 9.59 Å². The third-order valence-corrected chi connectivity index (χ3v) is 8.13. The Morgan fingerprint density at radius 2 is 1.76 bits per heavy atom. The Labute approximate surface area is 199 Å². The summed E-state index contributed by atoms with van der Waals surface area (Å²) in [5.74, 6) is 1.68. The molecular formula is C26H45N3O4. The van der Waals surface area contributed by atoms with Gasteiger partial charge in [-0.25, -0.2) is 4.79 Å². The lowest BCUT2D eigenvalue weighted by Crippen LogP contribution is -2.51. The zero-order valence-electron chi connectivity index (χ0n) is 21.5. The zero-order valence-corrected chi connectivity index (χ0v) is 21.5. The molecule has 6 unspecified atom stereocenters. The number of rotatable bonds is 4. The van der Waals surface area contributed by atoms with Crippen molar-refractivity contribution in [3.8, 4) is 0 Å². The fourth-order valence-corrected chi connectivity index (χ4v) is 6.29. The molecular weight excluding hydrogens is 418 g/mol. The Kier molecular flexibility index (Phi) is 8.33. The van der Waals surface area contributed by atoms with Crippen molar-refractivity contribution in [1.29, 1.82) is 0 Å². The largest absolute Gasteiger partial charge is 0.444 e. The molecule has 6 atom stereocenters. The second-order valence-electron chi connectivity index (χ2n) is 11.8. The highest BCUT2D eigenvalue weighted by molar-refractivity contribution is 5.82. The van der Waals surface area contributed by atoms with Crippen LogP contribution in [0, 0.1) is 35.5 Å². The van der Waals surface area contributed by atoms with E-state index in [1.165, 1.54) is 0 Å². The maximum atomic E-state index is 13.1. The number of carbonyl (C=O) groups is 3. The maximum absolute atomic E-state index is 13.1. The Morgan fingerprint density at radius 3 is 2.36 bits per heavy atom. The van der Waals surface area contributed by atoms with E-state index in [1.54, 1.807) is 0 Å². The van der Waals surface area contributed by atoms with Crippen LogP contribution in [0.2, 0.25) is 0 Å². The Bertz CT molecular complexity index is 711. The highest BCUT2D eigenvalue weighted by Gasteiger charge is 2.40. The van der Waals surface area contributed by atoms with E-state index in [1.807, 2.05) is 32.6 Å². The van der Waals surface area contributed by atoms with Crippen LogP contribution in [-0.2, 0) is 14.3 Å².